The molecule has 1 aliphatic heterocycles. The molecule has 1 aromatic carbocycles. The quantitative estimate of drug-likeness (QED) is 0.831. The van der Waals surface area contributed by atoms with Gasteiger partial charge in [-0.1, -0.05) is 11.3 Å². The number of nitrogens with one attached hydrogen (secondary N) is 2. The lowest BCUT2D eigenvalue weighted by molar-refractivity contribution is -0.115. The van der Waals surface area contributed by atoms with Crippen LogP contribution in [0.2, 0.25) is 0 Å². The van der Waals surface area contributed by atoms with Gasteiger partial charge in [-0.05, 0) is 17.7 Å². The maximum Gasteiger partial charge on any atom is 0.251 e. The second-order valence-corrected chi connectivity index (χ2v) is 4.52. The third-order valence-corrected chi connectivity index (χ3v) is 3.10. The van der Waals surface area contributed by atoms with E-state index in [2.05, 4.69) is 20.9 Å². The summed E-state index contributed by atoms with van der Waals surface area (Å²) in [6.45, 7) is 1.03. The molecule has 0 bridgehead atoms. The molecule has 7 nitrogen and oxygen atoms in total. The average Bonchev–Trinajstić information content (AvgIpc) is 3.05. The van der Waals surface area contributed by atoms with Gasteiger partial charge in [0.05, 0.1) is 19.2 Å². The summed E-state index contributed by atoms with van der Waals surface area (Å²) in [5.74, 6) is -0.210. The van der Waals surface area contributed by atoms with Crippen molar-refractivity contribution in [1.29, 1.82) is 0 Å². The van der Waals surface area contributed by atoms with Crippen molar-refractivity contribution in [3.05, 3.63) is 41.7 Å². The third-order valence-electron chi connectivity index (χ3n) is 3.10. The van der Waals surface area contributed by atoms with Crippen LogP contribution in [0.25, 0.3) is 0 Å². The molecule has 102 valence electrons. The summed E-state index contributed by atoms with van der Waals surface area (Å²) < 4.78 is 1.64. The second kappa shape index (κ2) is 5.12. The van der Waals surface area contributed by atoms with Crippen molar-refractivity contribution in [1.82, 2.24) is 20.3 Å². The number of nitrogens with zero attached hydrogens (tertiary/aromatic N) is 3. The highest BCUT2D eigenvalue weighted by molar-refractivity contribution is 6.02. The summed E-state index contributed by atoms with van der Waals surface area (Å²) in [7, 11) is 0. The molecule has 0 fully saturated rings. The first-order valence-corrected chi connectivity index (χ1v) is 6.27. The predicted octanol–water partition coefficient (Wildman–Crippen LogP) is 0.203. The maximum absolute atomic E-state index is 12.0. The number of carbonyl (C=O) groups excluding carboxylic acids is 2. The highest BCUT2D eigenvalue weighted by Gasteiger charge is 2.18. The van der Waals surface area contributed by atoms with Gasteiger partial charge in [0.1, 0.15) is 0 Å². The van der Waals surface area contributed by atoms with Crippen LogP contribution in [0, 0.1) is 0 Å². The molecule has 0 radical (unpaired) electrons. The van der Waals surface area contributed by atoms with Crippen LogP contribution in [0.1, 0.15) is 15.9 Å². The molecule has 2 N–H and O–H groups in total. The second-order valence-electron chi connectivity index (χ2n) is 4.52. The molecule has 0 unspecified atom stereocenters. The van der Waals surface area contributed by atoms with Crippen molar-refractivity contribution < 1.29 is 9.59 Å². The Labute approximate surface area is 115 Å². The van der Waals surface area contributed by atoms with Crippen molar-refractivity contribution in [2.24, 2.45) is 0 Å². The molecule has 0 saturated carbocycles. The predicted molar refractivity (Wildman–Crippen MR) is 71.1 cm³/mol. The molecule has 0 saturated heterocycles. The van der Waals surface area contributed by atoms with Crippen LogP contribution in [0.15, 0.2) is 30.6 Å². The molecule has 1 aromatic heterocycles. The normalized spacial score (nSPS) is 12.9. The van der Waals surface area contributed by atoms with Gasteiger partial charge in [0.15, 0.2) is 0 Å². The Bertz CT molecular complexity index is 651. The van der Waals surface area contributed by atoms with Crippen LogP contribution in [-0.2, 0) is 17.8 Å². The van der Waals surface area contributed by atoms with Crippen LogP contribution >= 0.6 is 0 Å². The minimum atomic E-state index is -0.172. The van der Waals surface area contributed by atoms with E-state index in [4.69, 9.17) is 0 Å². The van der Waals surface area contributed by atoms with E-state index >= 15 is 0 Å². The van der Waals surface area contributed by atoms with Crippen molar-refractivity contribution in [2.75, 3.05) is 11.9 Å². The first-order valence-electron chi connectivity index (χ1n) is 6.27. The van der Waals surface area contributed by atoms with Crippen molar-refractivity contribution >= 4 is 17.5 Å². The molecule has 0 atom stereocenters. The average molecular weight is 271 g/mol. The zero-order valence-electron chi connectivity index (χ0n) is 10.7. The van der Waals surface area contributed by atoms with E-state index in [-0.39, 0.29) is 11.8 Å². The Kier molecular flexibility index (Phi) is 3.16. The first kappa shape index (κ1) is 12.3. The number of carbonyl (C=O) groups is 2. The lowest BCUT2D eigenvalue weighted by atomic mass is 10.1. The summed E-state index contributed by atoms with van der Waals surface area (Å²) in [4.78, 5) is 23.2. The van der Waals surface area contributed by atoms with Gasteiger partial charge in [-0.25, -0.2) is 0 Å². The number of hydrogen-bond acceptors (Lipinski definition) is 4. The van der Waals surface area contributed by atoms with E-state index < -0.39 is 0 Å². The third kappa shape index (κ3) is 2.51. The molecule has 20 heavy (non-hydrogen) atoms. The van der Waals surface area contributed by atoms with Gasteiger partial charge in [-0.3, -0.25) is 14.3 Å². The van der Waals surface area contributed by atoms with E-state index in [1.54, 1.807) is 35.3 Å². The van der Waals surface area contributed by atoms with E-state index in [9.17, 15) is 9.59 Å². The molecule has 2 heterocycles. The standard InChI is InChI=1S/C13H13N5O2/c19-12-8-9-1-2-10(7-11(9)16-12)13(20)14-3-5-18-6-4-15-17-18/h1-2,4,6-7H,3,5,8H2,(H,14,20)(H,16,19). The molecule has 2 amide bonds. The van der Waals surface area contributed by atoms with Crippen molar-refractivity contribution in [3.8, 4) is 0 Å². The maximum atomic E-state index is 12.0. The van der Waals surface area contributed by atoms with Crippen molar-refractivity contribution in [3.63, 3.8) is 0 Å². The first-order chi connectivity index (χ1) is 9.72. The number of rotatable bonds is 4. The van der Waals surface area contributed by atoms with E-state index in [0.717, 1.165) is 11.3 Å². The number of amides is 2. The zero-order chi connectivity index (χ0) is 13.9. The van der Waals surface area contributed by atoms with Gasteiger partial charge >= 0.3 is 0 Å². The Morgan fingerprint density at radius 2 is 2.35 bits per heavy atom. The summed E-state index contributed by atoms with van der Waals surface area (Å²) in [5.41, 5.74) is 2.18. The minimum Gasteiger partial charge on any atom is -0.350 e. The molecule has 7 heteroatoms. The van der Waals surface area contributed by atoms with E-state index in [1.807, 2.05) is 0 Å². The molecule has 0 spiro atoms. The summed E-state index contributed by atoms with van der Waals surface area (Å²) >= 11 is 0. The fourth-order valence-electron chi connectivity index (χ4n) is 2.09. The van der Waals surface area contributed by atoms with Gasteiger partial charge in [0, 0.05) is 24.0 Å². The van der Waals surface area contributed by atoms with Crippen LogP contribution in [0.3, 0.4) is 0 Å². The largest absolute Gasteiger partial charge is 0.350 e. The number of benzene rings is 1. The highest BCUT2D eigenvalue weighted by atomic mass is 16.2. The topological polar surface area (TPSA) is 88.9 Å². The van der Waals surface area contributed by atoms with Crippen LogP contribution in [0.4, 0.5) is 5.69 Å². The smallest absolute Gasteiger partial charge is 0.251 e. The van der Waals surface area contributed by atoms with Gasteiger partial charge in [0.25, 0.3) is 5.91 Å². The van der Waals surface area contributed by atoms with Crippen LogP contribution < -0.4 is 10.6 Å². The van der Waals surface area contributed by atoms with E-state index in [0.29, 0.717) is 25.1 Å². The Morgan fingerprint density at radius 1 is 1.45 bits per heavy atom. The monoisotopic (exact) mass is 271 g/mol. The number of anilines is 1. The van der Waals surface area contributed by atoms with Crippen LogP contribution in [-0.4, -0.2) is 33.4 Å². The van der Waals surface area contributed by atoms with Crippen molar-refractivity contribution in [2.45, 2.75) is 13.0 Å². The molecule has 0 aliphatic carbocycles. The minimum absolute atomic E-state index is 0.0382. The number of hydrogen-bond donors (Lipinski definition) is 2. The Hall–Kier alpha value is -2.70. The highest BCUT2D eigenvalue weighted by Crippen LogP contribution is 2.23. The molecular weight excluding hydrogens is 258 g/mol. The van der Waals surface area contributed by atoms with Gasteiger partial charge in [0.2, 0.25) is 5.91 Å². The molecule has 1 aliphatic rings. The van der Waals surface area contributed by atoms with Gasteiger partial charge in [-0.2, -0.15) is 0 Å². The zero-order valence-corrected chi connectivity index (χ0v) is 10.7. The van der Waals surface area contributed by atoms with Crippen LogP contribution in [0.5, 0.6) is 0 Å². The lowest BCUT2D eigenvalue weighted by Gasteiger charge is -2.06. The fourth-order valence-corrected chi connectivity index (χ4v) is 2.09. The van der Waals surface area contributed by atoms with Gasteiger partial charge in [-0.15, -0.1) is 5.10 Å². The molecule has 3 rings (SSSR count). The van der Waals surface area contributed by atoms with Gasteiger partial charge < -0.3 is 10.6 Å². The SMILES string of the molecule is O=C1Cc2ccc(C(=O)NCCn3ccnn3)cc2N1. The van der Waals surface area contributed by atoms with E-state index in [1.165, 1.54) is 0 Å². The number of aromatic nitrogens is 3. The summed E-state index contributed by atoms with van der Waals surface area (Å²) in [5, 5.41) is 13.0. The molecule has 2 aromatic rings. The summed E-state index contributed by atoms with van der Waals surface area (Å²) in [6, 6.07) is 5.23. The Balaban J connectivity index is 1.60. The molecular formula is C13H13N5O2. The fraction of sp³-hybridized carbons (Fsp3) is 0.231. The summed E-state index contributed by atoms with van der Waals surface area (Å²) in [6.07, 6.45) is 3.70. The number of fused-ring (bicyclic) bond motifs is 1. The Morgan fingerprint density at radius 3 is 3.15 bits per heavy atom. The lowest BCUT2D eigenvalue weighted by Crippen LogP contribution is -2.27.